The topological polar surface area (TPSA) is 218 Å². The molecule has 4 aliphatic rings. The maximum absolute atomic E-state index is 14.6. The molecule has 1 saturated heterocycles. The highest BCUT2D eigenvalue weighted by Gasteiger charge is 2.62. The molecule has 0 radical (unpaired) electrons. The van der Waals surface area contributed by atoms with Crippen molar-refractivity contribution in [3.63, 3.8) is 0 Å². The van der Waals surface area contributed by atoms with E-state index in [0.29, 0.717) is 24.0 Å². The molecule has 3 fully saturated rings. The highest BCUT2D eigenvalue weighted by Crippen LogP contribution is 2.46. The Hall–Kier alpha value is -5.23. The van der Waals surface area contributed by atoms with E-state index in [-0.39, 0.29) is 38.1 Å². The fraction of sp³-hybridized carbons (Fsp3) is 0.538. The van der Waals surface area contributed by atoms with Crippen molar-refractivity contribution in [3.05, 3.63) is 54.8 Å². The van der Waals surface area contributed by atoms with E-state index in [9.17, 15) is 32.4 Å². The van der Waals surface area contributed by atoms with Crippen LogP contribution in [0.4, 0.5) is 4.79 Å². The van der Waals surface area contributed by atoms with E-state index in [2.05, 4.69) is 20.3 Å². The molecular weight excluding hydrogens is 763 g/mol. The summed E-state index contributed by atoms with van der Waals surface area (Å²) in [6.45, 7) is 5.96. The number of hydrogen-bond donors (Lipinski definition) is 3. The second-order valence-corrected chi connectivity index (χ2v) is 17.5. The van der Waals surface area contributed by atoms with Gasteiger partial charge in [0.1, 0.15) is 35.1 Å². The maximum atomic E-state index is 14.6. The van der Waals surface area contributed by atoms with Gasteiger partial charge in [0.25, 0.3) is 5.91 Å². The predicted octanol–water partition coefficient (Wildman–Crippen LogP) is 2.78. The zero-order valence-electron chi connectivity index (χ0n) is 32.5. The summed E-state index contributed by atoms with van der Waals surface area (Å²) in [7, 11) is -2.43. The molecule has 3 heterocycles. The molecule has 2 aliphatic carbocycles. The first-order valence-corrected chi connectivity index (χ1v) is 20.5. The van der Waals surface area contributed by atoms with E-state index >= 15 is 0 Å². The Kier molecular flexibility index (Phi) is 12.1. The Labute approximate surface area is 330 Å². The molecular formula is C39H49N5O12S. The lowest BCUT2D eigenvalue weighted by atomic mass is 10.1. The highest BCUT2D eigenvalue weighted by atomic mass is 32.2. The molecule has 6 rings (SSSR count). The quantitative estimate of drug-likeness (QED) is 0.189. The van der Waals surface area contributed by atoms with Crippen LogP contribution in [0, 0.1) is 5.92 Å². The number of sulfonamides is 1. The summed E-state index contributed by atoms with van der Waals surface area (Å²) in [5, 5.41) is 6.09. The van der Waals surface area contributed by atoms with Crippen LogP contribution in [0.5, 0.6) is 11.6 Å². The second-order valence-electron chi connectivity index (χ2n) is 15.5. The van der Waals surface area contributed by atoms with Gasteiger partial charge in [-0.05, 0) is 83.0 Å². The Balaban J connectivity index is 1.35. The van der Waals surface area contributed by atoms with Crippen LogP contribution < -0.4 is 24.8 Å². The van der Waals surface area contributed by atoms with Crippen molar-refractivity contribution in [3.8, 4) is 11.6 Å². The van der Waals surface area contributed by atoms with Crippen molar-refractivity contribution in [2.75, 3.05) is 20.3 Å². The second kappa shape index (κ2) is 16.7. The van der Waals surface area contributed by atoms with Gasteiger partial charge in [0.2, 0.25) is 34.0 Å². The van der Waals surface area contributed by atoms with Crippen molar-refractivity contribution in [1.82, 2.24) is 25.2 Å². The lowest BCUT2D eigenvalue weighted by Gasteiger charge is -2.30. The summed E-state index contributed by atoms with van der Waals surface area (Å²) in [4.78, 5) is 74.1. The lowest BCUT2D eigenvalue weighted by molar-refractivity contribution is -0.177. The first kappa shape index (κ1) is 41.4. The summed E-state index contributed by atoms with van der Waals surface area (Å²) in [5.74, 6) is -2.80. The van der Waals surface area contributed by atoms with Crippen LogP contribution in [0.2, 0.25) is 0 Å². The number of ether oxygens (including phenoxy) is 5. The average molecular weight is 812 g/mol. The molecule has 18 heteroatoms. The summed E-state index contributed by atoms with van der Waals surface area (Å²) in [6.07, 6.45) is 6.02. The van der Waals surface area contributed by atoms with E-state index in [1.165, 1.54) is 17.1 Å². The number of benzene rings is 1. The van der Waals surface area contributed by atoms with Gasteiger partial charge < -0.3 is 39.2 Å². The number of methoxy groups -OCH3 is 1. The Morgan fingerprint density at radius 3 is 2.60 bits per heavy atom. The molecule has 4 amide bonds. The number of nitrogens with zero attached hydrogens (tertiary/aromatic N) is 2. The number of carbonyl (C=O) groups excluding carboxylic acids is 5. The van der Waals surface area contributed by atoms with Crippen molar-refractivity contribution in [1.29, 1.82) is 0 Å². The Morgan fingerprint density at radius 1 is 1.12 bits per heavy atom. The number of aromatic nitrogens is 1. The molecule has 57 heavy (non-hydrogen) atoms. The first-order valence-electron chi connectivity index (χ1n) is 18.9. The van der Waals surface area contributed by atoms with Crippen molar-refractivity contribution < 1.29 is 56.1 Å². The van der Waals surface area contributed by atoms with Gasteiger partial charge in [0, 0.05) is 36.4 Å². The number of pyridine rings is 1. The molecule has 2 aliphatic heterocycles. The van der Waals surface area contributed by atoms with Gasteiger partial charge in [-0.25, -0.2) is 23.0 Å². The number of allylic oxidation sites excluding steroid dienone is 2. The monoisotopic (exact) mass is 811 g/mol. The number of nitrogens with one attached hydrogen (secondary N) is 3. The molecule has 0 spiro atoms. The number of fused-ring (bicyclic) bond motifs is 3. The third-order valence-electron chi connectivity index (χ3n) is 9.95. The van der Waals surface area contributed by atoms with E-state index in [1.54, 1.807) is 71.4 Å². The lowest BCUT2D eigenvalue weighted by Crippen LogP contribution is -2.59. The molecule has 3 N–H and O–H groups in total. The molecule has 1 aromatic heterocycles. The maximum Gasteiger partial charge on any atom is 0.408 e. The zero-order valence-corrected chi connectivity index (χ0v) is 33.3. The predicted molar refractivity (Wildman–Crippen MR) is 204 cm³/mol. The summed E-state index contributed by atoms with van der Waals surface area (Å²) >= 11 is 0. The van der Waals surface area contributed by atoms with Crippen LogP contribution in [-0.2, 0) is 43.4 Å². The summed E-state index contributed by atoms with van der Waals surface area (Å²) in [6, 6.07) is 4.41. The van der Waals surface area contributed by atoms with Gasteiger partial charge in [-0.15, -0.1) is 0 Å². The summed E-state index contributed by atoms with van der Waals surface area (Å²) in [5.41, 5.74) is -2.57. The van der Waals surface area contributed by atoms with Gasteiger partial charge in [0.05, 0.1) is 25.5 Å². The van der Waals surface area contributed by atoms with Crippen molar-refractivity contribution >= 4 is 50.6 Å². The Morgan fingerprint density at radius 2 is 1.89 bits per heavy atom. The van der Waals surface area contributed by atoms with Crippen molar-refractivity contribution in [2.24, 2.45) is 5.92 Å². The van der Waals surface area contributed by atoms with E-state index in [1.807, 2.05) is 6.07 Å². The highest BCUT2D eigenvalue weighted by molar-refractivity contribution is 7.91. The van der Waals surface area contributed by atoms with Crippen LogP contribution in [0.3, 0.4) is 0 Å². The Bertz CT molecular complexity index is 2060. The normalized spacial score (nSPS) is 27.5. The fourth-order valence-electron chi connectivity index (χ4n) is 6.85. The molecule has 2 aromatic rings. The third-order valence-corrected chi connectivity index (χ3v) is 11.8. The van der Waals surface area contributed by atoms with Crippen LogP contribution in [-0.4, -0.2) is 109 Å². The number of hydrogen-bond acceptors (Lipinski definition) is 13. The largest absolute Gasteiger partial charge is 0.497 e. The molecule has 17 nitrogen and oxygen atoms in total. The van der Waals surface area contributed by atoms with Crippen LogP contribution >= 0.6 is 0 Å². The molecule has 0 bridgehead atoms. The minimum Gasteiger partial charge on any atom is -0.497 e. The third kappa shape index (κ3) is 10.0. The SMILES string of the molecule is C/C=C/C(=O)OC1CC/C=C\[C@@H]2C[C@@]2(C(=O)NS(=O)(=O)C2CC2)NC(=O)[C@@H]2C[C@@H](Oc3nccc4cc(OC)ccc34)CN2C(=O)[C@@H](NC(=O)OC(C)(C)C)CO1. The van der Waals surface area contributed by atoms with Gasteiger partial charge >= 0.3 is 12.1 Å². The number of rotatable bonds is 9. The van der Waals surface area contributed by atoms with Gasteiger partial charge in [-0.1, -0.05) is 18.2 Å². The number of esters is 1. The number of carbonyl (C=O) groups is 5. The van der Waals surface area contributed by atoms with Gasteiger partial charge in [-0.3, -0.25) is 19.1 Å². The van der Waals surface area contributed by atoms with Crippen LogP contribution in [0.15, 0.2) is 54.8 Å². The molecule has 1 aromatic carbocycles. The molecule has 6 atom stereocenters. The van der Waals surface area contributed by atoms with E-state index < -0.39 is 93.2 Å². The van der Waals surface area contributed by atoms with Crippen LogP contribution in [0.25, 0.3) is 10.8 Å². The molecule has 1 unspecified atom stereocenters. The van der Waals surface area contributed by atoms with E-state index in [0.717, 1.165) is 5.39 Å². The average Bonchev–Trinajstić information content (AvgIpc) is 4.07. The minimum atomic E-state index is -3.98. The minimum absolute atomic E-state index is 0.0615. The van der Waals surface area contributed by atoms with Gasteiger partial charge in [-0.2, -0.15) is 0 Å². The zero-order chi connectivity index (χ0) is 41.1. The van der Waals surface area contributed by atoms with E-state index in [4.69, 9.17) is 23.7 Å². The molecule has 2 saturated carbocycles. The molecule has 308 valence electrons. The fourth-order valence-corrected chi connectivity index (χ4v) is 8.22. The number of alkyl carbamates (subject to hydrolysis) is 1. The summed E-state index contributed by atoms with van der Waals surface area (Å²) < 4.78 is 56.6. The first-order chi connectivity index (χ1) is 27.0. The standard InChI is InChI=1S/C39H49N5O12S/c1-6-9-31(45)55-32-11-8-7-10-24-20-39(24,36(48)43-57(50,51)27-13-14-27)42-33(46)30-19-26(54-34-28-15-12-25(52-5)18-23(28)16-17-40-34)21-44(30)35(47)29(22-53-32)41-37(49)56-38(2,3)4/h6-7,9-10,12,15-18,24,26-27,29-30,32H,8,11,13-14,19-22H2,1-5H3,(H,41,49)(H,42,46)(H,43,48)/b9-6+,10-7-/t24-,26-,29+,30+,32?,39-/m1/s1. The van der Waals surface area contributed by atoms with Gasteiger partial charge in [0.15, 0.2) is 0 Å². The van der Waals surface area contributed by atoms with Crippen LogP contribution in [0.1, 0.15) is 66.2 Å². The smallest absolute Gasteiger partial charge is 0.408 e. The van der Waals surface area contributed by atoms with Crippen molar-refractivity contribution in [2.45, 2.75) is 107 Å². The number of amides is 4.